The average molecular weight is 267 g/mol. The van der Waals surface area contributed by atoms with E-state index in [0.29, 0.717) is 22.3 Å². The van der Waals surface area contributed by atoms with Crippen LogP contribution in [0.25, 0.3) is 0 Å². The maximum atomic E-state index is 6.01. The Morgan fingerprint density at radius 2 is 2.22 bits per heavy atom. The van der Waals surface area contributed by atoms with Gasteiger partial charge in [0, 0.05) is 19.3 Å². The summed E-state index contributed by atoms with van der Waals surface area (Å²) in [6.07, 6.45) is 4.94. The van der Waals surface area contributed by atoms with Gasteiger partial charge in [-0.05, 0) is 6.42 Å². The second kappa shape index (κ2) is 5.27. The summed E-state index contributed by atoms with van der Waals surface area (Å²) in [4.78, 5) is 3.96. The van der Waals surface area contributed by atoms with Crippen LogP contribution in [-0.4, -0.2) is 14.8 Å². The van der Waals surface area contributed by atoms with Gasteiger partial charge in [-0.25, -0.2) is 4.68 Å². The molecule has 0 atom stereocenters. The molecule has 2 aromatic rings. The minimum atomic E-state index is 0.516. The van der Waals surface area contributed by atoms with E-state index in [1.54, 1.807) is 30.2 Å². The molecule has 0 bridgehead atoms. The Balaban J connectivity index is 2.29. The van der Waals surface area contributed by atoms with E-state index in [1.165, 1.54) is 0 Å². The van der Waals surface area contributed by atoms with Crippen molar-refractivity contribution in [3.63, 3.8) is 0 Å². The van der Waals surface area contributed by atoms with Gasteiger partial charge < -0.3 is 10.5 Å². The maximum absolute atomic E-state index is 6.01. The molecule has 2 rings (SSSR count). The molecule has 0 aliphatic carbocycles. The molecule has 2 N–H and O–H groups in total. The number of rotatable bonds is 4. The monoisotopic (exact) mass is 266 g/mol. The summed E-state index contributed by atoms with van der Waals surface area (Å²) < 4.78 is 7.30. The van der Waals surface area contributed by atoms with Crippen molar-refractivity contribution in [2.24, 2.45) is 7.05 Å². The molecule has 0 unspecified atom stereocenters. The van der Waals surface area contributed by atoms with Crippen LogP contribution in [0.3, 0.4) is 0 Å². The summed E-state index contributed by atoms with van der Waals surface area (Å²) in [5, 5.41) is 4.85. The molecule has 96 valence electrons. The third-order valence-corrected chi connectivity index (χ3v) is 2.69. The minimum absolute atomic E-state index is 0.516. The number of hydrogen-bond donors (Lipinski definition) is 1. The van der Waals surface area contributed by atoms with Crippen molar-refractivity contribution >= 4 is 17.3 Å². The Morgan fingerprint density at radius 3 is 2.89 bits per heavy atom. The van der Waals surface area contributed by atoms with Gasteiger partial charge in [0.25, 0.3) is 0 Å². The first-order valence-electron chi connectivity index (χ1n) is 5.71. The molecule has 0 spiro atoms. The van der Waals surface area contributed by atoms with Gasteiger partial charge in [0.2, 0.25) is 5.88 Å². The Bertz CT molecular complexity index is 553. The lowest BCUT2D eigenvalue weighted by molar-refractivity contribution is 0.431. The second-order valence-corrected chi connectivity index (χ2v) is 4.42. The smallest absolute Gasteiger partial charge is 0.241 e. The molecular formula is C12H15ClN4O. The van der Waals surface area contributed by atoms with E-state index in [2.05, 4.69) is 17.0 Å². The second-order valence-electron chi connectivity index (χ2n) is 3.98. The zero-order chi connectivity index (χ0) is 13.1. The largest absolute Gasteiger partial charge is 0.436 e. The number of aromatic nitrogens is 3. The van der Waals surface area contributed by atoms with Crippen LogP contribution in [-0.2, 0) is 13.5 Å². The van der Waals surface area contributed by atoms with Crippen molar-refractivity contribution in [3.8, 4) is 11.6 Å². The highest BCUT2D eigenvalue weighted by atomic mass is 35.5. The molecule has 0 aliphatic rings. The fourth-order valence-corrected chi connectivity index (χ4v) is 1.84. The van der Waals surface area contributed by atoms with Gasteiger partial charge in [0.15, 0.2) is 0 Å². The topological polar surface area (TPSA) is 66.0 Å². The van der Waals surface area contributed by atoms with Crippen LogP contribution in [0.2, 0.25) is 5.02 Å². The zero-order valence-electron chi connectivity index (χ0n) is 10.4. The van der Waals surface area contributed by atoms with Gasteiger partial charge in [0.1, 0.15) is 11.4 Å². The highest BCUT2D eigenvalue weighted by Crippen LogP contribution is 2.30. The van der Waals surface area contributed by atoms with E-state index in [4.69, 9.17) is 22.1 Å². The molecule has 0 amide bonds. The maximum Gasteiger partial charge on any atom is 0.241 e. The standard InChI is InChI=1S/C12H15ClN4O/c1-3-4-10-11(14)12(17(2)16-10)18-9-5-8(13)6-15-7-9/h5-7H,3-4,14H2,1-2H3. The summed E-state index contributed by atoms with van der Waals surface area (Å²) in [6.45, 7) is 2.08. The number of hydrogen-bond acceptors (Lipinski definition) is 4. The SMILES string of the molecule is CCCc1nn(C)c(Oc2cncc(Cl)c2)c1N. The quantitative estimate of drug-likeness (QED) is 0.924. The fraction of sp³-hybridized carbons (Fsp3) is 0.333. The van der Waals surface area contributed by atoms with Crippen molar-refractivity contribution in [3.05, 3.63) is 29.2 Å². The third-order valence-electron chi connectivity index (χ3n) is 2.49. The molecule has 2 heterocycles. The first-order valence-corrected chi connectivity index (χ1v) is 6.09. The molecule has 2 aromatic heterocycles. The van der Waals surface area contributed by atoms with Gasteiger partial charge in [-0.2, -0.15) is 5.10 Å². The van der Waals surface area contributed by atoms with E-state index in [1.807, 2.05) is 0 Å². The van der Waals surface area contributed by atoms with E-state index < -0.39 is 0 Å². The van der Waals surface area contributed by atoms with Crippen molar-refractivity contribution in [2.45, 2.75) is 19.8 Å². The lowest BCUT2D eigenvalue weighted by Crippen LogP contribution is -1.97. The van der Waals surface area contributed by atoms with Crippen molar-refractivity contribution in [1.82, 2.24) is 14.8 Å². The number of ether oxygens (including phenoxy) is 1. The van der Waals surface area contributed by atoms with Crippen LogP contribution in [0.4, 0.5) is 5.69 Å². The third kappa shape index (κ3) is 2.56. The number of nitrogens with two attached hydrogens (primary N) is 1. The molecule has 0 radical (unpaired) electrons. The molecule has 5 nitrogen and oxygen atoms in total. The lowest BCUT2D eigenvalue weighted by Gasteiger charge is -2.06. The fourth-order valence-electron chi connectivity index (χ4n) is 1.68. The lowest BCUT2D eigenvalue weighted by atomic mass is 10.2. The van der Waals surface area contributed by atoms with Crippen molar-refractivity contribution in [1.29, 1.82) is 0 Å². The minimum Gasteiger partial charge on any atom is -0.436 e. The highest BCUT2D eigenvalue weighted by Gasteiger charge is 2.14. The van der Waals surface area contributed by atoms with Crippen LogP contribution in [0.1, 0.15) is 19.0 Å². The molecule has 0 aliphatic heterocycles. The van der Waals surface area contributed by atoms with Gasteiger partial charge in [0.05, 0.1) is 16.9 Å². The van der Waals surface area contributed by atoms with Crippen LogP contribution in [0.5, 0.6) is 11.6 Å². The molecule has 0 saturated heterocycles. The molecule has 0 aromatic carbocycles. The van der Waals surface area contributed by atoms with Crippen LogP contribution >= 0.6 is 11.6 Å². The van der Waals surface area contributed by atoms with Crippen molar-refractivity contribution in [2.75, 3.05) is 5.73 Å². The number of nitrogens with zero attached hydrogens (tertiary/aromatic N) is 3. The van der Waals surface area contributed by atoms with Gasteiger partial charge in [-0.3, -0.25) is 4.98 Å². The predicted octanol–water partition coefficient (Wildman–Crippen LogP) is 2.80. The summed E-state index contributed by atoms with van der Waals surface area (Å²) in [7, 11) is 1.79. The van der Waals surface area contributed by atoms with E-state index in [0.717, 1.165) is 18.5 Å². The molecule has 6 heteroatoms. The first-order chi connectivity index (χ1) is 8.61. The summed E-state index contributed by atoms with van der Waals surface area (Å²) in [5.41, 5.74) is 7.44. The molecule has 0 saturated carbocycles. The number of nitrogen functional groups attached to an aromatic ring is 1. The zero-order valence-corrected chi connectivity index (χ0v) is 11.1. The normalized spacial score (nSPS) is 10.6. The van der Waals surface area contributed by atoms with Crippen molar-refractivity contribution < 1.29 is 4.74 Å². The average Bonchev–Trinajstić information content (AvgIpc) is 2.58. The van der Waals surface area contributed by atoms with Crippen LogP contribution in [0, 0.1) is 0 Å². The Hall–Kier alpha value is -1.75. The number of anilines is 1. The Morgan fingerprint density at radius 1 is 1.44 bits per heavy atom. The number of aryl methyl sites for hydroxylation is 2. The summed E-state index contributed by atoms with van der Waals surface area (Å²) in [5.74, 6) is 1.06. The predicted molar refractivity (Wildman–Crippen MR) is 70.9 cm³/mol. The number of pyridine rings is 1. The first kappa shape index (κ1) is 12.7. The highest BCUT2D eigenvalue weighted by molar-refractivity contribution is 6.30. The summed E-state index contributed by atoms with van der Waals surface area (Å²) >= 11 is 5.85. The van der Waals surface area contributed by atoms with Crippen LogP contribution < -0.4 is 10.5 Å². The Labute approximate surface area is 111 Å². The number of halogens is 1. The Kier molecular flexibility index (Phi) is 3.72. The molecule has 18 heavy (non-hydrogen) atoms. The molecular weight excluding hydrogens is 252 g/mol. The molecule has 0 fully saturated rings. The van der Waals surface area contributed by atoms with E-state index >= 15 is 0 Å². The van der Waals surface area contributed by atoms with Gasteiger partial charge in [-0.1, -0.05) is 24.9 Å². The van der Waals surface area contributed by atoms with Crippen LogP contribution in [0.15, 0.2) is 18.5 Å². The van der Waals surface area contributed by atoms with E-state index in [-0.39, 0.29) is 0 Å². The van der Waals surface area contributed by atoms with E-state index in [9.17, 15) is 0 Å². The van der Waals surface area contributed by atoms with Gasteiger partial charge in [-0.15, -0.1) is 0 Å². The van der Waals surface area contributed by atoms with Gasteiger partial charge >= 0.3 is 0 Å². The summed E-state index contributed by atoms with van der Waals surface area (Å²) in [6, 6.07) is 1.68.